The number of hydrogen-bond donors (Lipinski definition) is 2. The Hall–Kier alpha value is -4.46. The largest absolute Gasteiger partial charge is 0.497 e. The van der Waals surface area contributed by atoms with Crippen molar-refractivity contribution in [2.24, 2.45) is 5.73 Å². The number of fused-ring (bicyclic) bond motifs is 1. The van der Waals surface area contributed by atoms with Crippen LogP contribution in [0.25, 0.3) is 11.0 Å². The number of carbonyl (C=O) groups excluding carboxylic acids is 3. The Kier molecular flexibility index (Phi) is 8.87. The molecule has 0 saturated heterocycles. The molecule has 3 aromatic carbocycles. The van der Waals surface area contributed by atoms with E-state index in [2.05, 4.69) is 41.1 Å². The maximum absolute atomic E-state index is 11.6. The van der Waals surface area contributed by atoms with Crippen molar-refractivity contribution in [3.63, 3.8) is 0 Å². The lowest BCUT2D eigenvalue weighted by atomic mass is 10.1. The molecule has 0 radical (unpaired) electrons. The molecule has 8 nitrogen and oxygen atoms in total. The number of aromatic nitrogens is 2. The van der Waals surface area contributed by atoms with Crippen molar-refractivity contribution in [1.29, 1.82) is 0 Å². The number of rotatable bonds is 6. The van der Waals surface area contributed by atoms with Crippen LogP contribution < -0.4 is 15.8 Å². The minimum absolute atomic E-state index is 0.438. The van der Waals surface area contributed by atoms with Gasteiger partial charge in [0.25, 0.3) is 0 Å². The number of methoxy groups -OCH3 is 1. The van der Waals surface area contributed by atoms with Gasteiger partial charge in [-0.2, -0.15) is 0 Å². The van der Waals surface area contributed by atoms with Crippen molar-refractivity contribution >= 4 is 42.2 Å². The Morgan fingerprint density at radius 1 is 1.00 bits per heavy atom. The van der Waals surface area contributed by atoms with Crippen LogP contribution in [0.2, 0.25) is 0 Å². The van der Waals surface area contributed by atoms with E-state index in [1.54, 1.807) is 19.2 Å². The molecule has 4 aromatic rings. The van der Waals surface area contributed by atoms with Gasteiger partial charge in [-0.1, -0.05) is 29.8 Å². The minimum atomic E-state index is -0.468. The summed E-state index contributed by atoms with van der Waals surface area (Å²) in [7, 11) is 1.64. The van der Waals surface area contributed by atoms with Gasteiger partial charge in [-0.3, -0.25) is 4.79 Å². The van der Waals surface area contributed by atoms with Gasteiger partial charge in [-0.25, -0.2) is 4.98 Å². The van der Waals surface area contributed by atoms with Gasteiger partial charge in [-0.05, 0) is 55.0 Å². The highest BCUT2D eigenvalue weighted by Gasteiger charge is 2.14. The number of nitrogens with zero attached hydrogens (tertiary/aromatic N) is 2. The van der Waals surface area contributed by atoms with Crippen LogP contribution in [0.1, 0.15) is 21.5 Å². The number of primary amides is 1. The van der Waals surface area contributed by atoms with E-state index in [4.69, 9.17) is 25.0 Å². The van der Waals surface area contributed by atoms with E-state index < -0.39 is 5.91 Å². The molecule has 1 aromatic heterocycles. The molecule has 0 aliphatic rings. The Morgan fingerprint density at radius 3 is 2.21 bits per heavy atom. The van der Waals surface area contributed by atoms with E-state index in [9.17, 15) is 4.79 Å². The quantitative estimate of drug-likeness (QED) is 0.464. The number of benzene rings is 3. The van der Waals surface area contributed by atoms with Crippen LogP contribution in [-0.4, -0.2) is 36.1 Å². The van der Waals surface area contributed by atoms with Crippen LogP contribution in [0.15, 0.2) is 66.7 Å². The van der Waals surface area contributed by atoms with E-state index in [-0.39, 0.29) is 0 Å². The molecule has 0 aliphatic heterocycles. The monoisotopic (exact) mass is 446 g/mol. The standard InChI is InChI=1S/C23H22N4O2.2CH2O/c1-15-3-5-16(6-4-15)14-27-21-12-7-17(22(24)28)13-20(21)26-23(27)25-18-8-10-19(29-2)11-9-18;2*1-2/h3-13H,14H2,1-2H3,(H2,24,28)(H,25,26);2*1H2. The number of anilines is 2. The number of ether oxygens (including phenoxy) is 1. The Balaban J connectivity index is 0.000000914. The predicted octanol–water partition coefficient (Wildman–Crippen LogP) is 3.87. The SMILES string of the molecule is C=O.C=O.COc1ccc(Nc2nc3cc(C(N)=O)ccc3n2Cc2ccc(C)cc2)cc1. The van der Waals surface area contributed by atoms with Crippen LogP contribution >= 0.6 is 0 Å². The first-order valence-corrected chi connectivity index (χ1v) is 9.88. The molecular formula is C25H26N4O4. The fourth-order valence-electron chi connectivity index (χ4n) is 3.22. The van der Waals surface area contributed by atoms with Crippen LogP contribution in [-0.2, 0) is 16.1 Å². The Bertz CT molecular complexity index is 1200. The highest BCUT2D eigenvalue weighted by atomic mass is 16.5. The molecule has 0 unspecified atom stereocenters. The van der Waals surface area contributed by atoms with Crippen molar-refractivity contribution in [3.8, 4) is 5.75 Å². The van der Waals surface area contributed by atoms with Crippen molar-refractivity contribution in [3.05, 3.63) is 83.4 Å². The lowest BCUT2D eigenvalue weighted by Gasteiger charge is -2.12. The summed E-state index contributed by atoms with van der Waals surface area (Å²) in [6.07, 6.45) is 0. The first-order valence-electron chi connectivity index (χ1n) is 9.88. The molecule has 3 N–H and O–H groups in total. The summed E-state index contributed by atoms with van der Waals surface area (Å²) in [5.41, 5.74) is 10.8. The molecule has 8 heteroatoms. The summed E-state index contributed by atoms with van der Waals surface area (Å²) >= 11 is 0. The van der Waals surface area contributed by atoms with Crippen molar-refractivity contribution < 1.29 is 19.1 Å². The van der Waals surface area contributed by atoms with Gasteiger partial charge in [0.05, 0.1) is 24.7 Å². The maximum Gasteiger partial charge on any atom is 0.248 e. The molecular weight excluding hydrogens is 420 g/mol. The molecule has 1 amide bonds. The average molecular weight is 447 g/mol. The first-order chi connectivity index (χ1) is 16.0. The average Bonchev–Trinajstić information content (AvgIpc) is 3.19. The second-order valence-corrected chi connectivity index (χ2v) is 6.93. The summed E-state index contributed by atoms with van der Waals surface area (Å²) in [6, 6.07) is 21.4. The molecule has 0 aliphatic carbocycles. The lowest BCUT2D eigenvalue weighted by Crippen LogP contribution is -2.10. The molecule has 0 atom stereocenters. The van der Waals surface area contributed by atoms with E-state index in [0.717, 1.165) is 22.5 Å². The summed E-state index contributed by atoms with van der Waals surface area (Å²) in [4.78, 5) is 32.3. The number of amides is 1. The van der Waals surface area contributed by atoms with Gasteiger partial charge in [0.1, 0.15) is 19.3 Å². The number of carbonyl (C=O) groups is 3. The fraction of sp³-hybridized carbons (Fsp3) is 0.120. The number of imidazole rings is 1. The van der Waals surface area contributed by atoms with Crippen LogP contribution in [0.3, 0.4) is 0 Å². The fourth-order valence-corrected chi connectivity index (χ4v) is 3.22. The molecule has 0 bridgehead atoms. The molecule has 4 rings (SSSR count). The lowest BCUT2D eigenvalue weighted by molar-refractivity contribution is -0.0987. The summed E-state index contributed by atoms with van der Waals surface area (Å²) in [5.74, 6) is 1.01. The van der Waals surface area contributed by atoms with E-state index in [1.165, 1.54) is 5.56 Å². The Labute approximate surface area is 192 Å². The molecule has 0 saturated carbocycles. The molecule has 33 heavy (non-hydrogen) atoms. The maximum atomic E-state index is 11.6. The van der Waals surface area contributed by atoms with Crippen LogP contribution in [0.5, 0.6) is 5.75 Å². The van der Waals surface area contributed by atoms with Gasteiger partial charge in [0, 0.05) is 11.3 Å². The second-order valence-electron chi connectivity index (χ2n) is 6.93. The van der Waals surface area contributed by atoms with Gasteiger partial charge in [0.2, 0.25) is 11.9 Å². The first kappa shape index (κ1) is 24.8. The van der Waals surface area contributed by atoms with Crippen LogP contribution in [0.4, 0.5) is 11.6 Å². The number of hydrogen-bond acceptors (Lipinski definition) is 6. The van der Waals surface area contributed by atoms with Gasteiger partial charge >= 0.3 is 0 Å². The smallest absolute Gasteiger partial charge is 0.248 e. The topological polar surface area (TPSA) is 116 Å². The predicted molar refractivity (Wildman–Crippen MR) is 129 cm³/mol. The van der Waals surface area contributed by atoms with Gasteiger partial charge in [0.15, 0.2) is 0 Å². The van der Waals surface area contributed by atoms with Gasteiger partial charge in [-0.15, -0.1) is 0 Å². The van der Waals surface area contributed by atoms with Crippen molar-refractivity contribution in [2.45, 2.75) is 13.5 Å². The third kappa shape index (κ3) is 6.04. The number of nitrogens with one attached hydrogen (secondary N) is 1. The zero-order valence-electron chi connectivity index (χ0n) is 18.6. The van der Waals surface area contributed by atoms with Crippen molar-refractivity contribution in [2.75, 3.05) is 12.4 Å². The molecule has 0 fully saturated rings. The zero-order valence-corrected chi connectivity index (χ0v) is 18.6. The highest BCUT2D eigenvalue weighted by molar-refractivity contribution is 5.96. The van der Waals surface area contributed by atoms with Crippen LogP contribution in [0, 0.1) is 6.92 Å². The summed E-state index contributed by atoms with van der Waals surface area (Å²) in [6.45, 7) is 6.71. The normalized spacial score (nSPS) is 9.76. The number of aryl methyl sites for hydroxylation is 1. The molecule has 1 heterocycles. The number of nitrogens with two attached hydrogens (primary N) is 1. The summed E-state index contributed by atoms with van der Waals surface area (Å²) in [5, 5.41) is 3.37. The third-order valence-electron chi connectivity index (χ3n) is 4.84. The van der Waals surface area contributed by atoms with E-state index in [0.29, 0.717) is 23.6 Å². The summed E-state index contributed by atoms with van der Waals surface area (Å²) < 4.78 is 7.32. The second kappa shape index (κ2) is 11.8. The van der Waals surface area contributed by atoms with E-state index in [1.807, 2.05) is 43.9 Å². The molecule has 0 spiro atoms. The zero-order chi connectivity index (χ0) is 24.4. The van der Waals surface area contributed by atoms with E-state index >= 15 is 0 Å². The minimum Gasteiger partial charge on any atom is -0.497 e. The van der Waals surface area contributed by atoms with Gasteiger partial charge < -0.3 is 29.9 Å². The Morgan fingerprint density at radius 2 is 1.64 bits per heavy atom. The highest BCUT2D eigenvalue weighted by Crippen LogP contribution is 2.26. The van der Waals surface area contributed by atoms with Crippen molar-refractivity contribution in [1.82, 2.24) is 9.55 Å². The molecule has 170 valence electrons. The third-order valence-corrected chi connectivity index (χ3v) is 4.84.